The highest BCUT2D eigenvalue weighted by Gasteiger charge is 2.19. The Balaban J connectivity index is 2.01. The molecule has 0 amide bonds. The summed E-state index contributed by atoms with van der Waals surface area (Å²) in [5.74, 6) is 1.18. The molecule has 0 saturated heterocycles. The Morgan fingerprint density at radius 2 is 2.22 bits per heavy atom. The number of hydrogen-bond donors (Lipinski definition) is 2. The Bertz CT molecular complexity index is 483. The van der Waals surface area contributed by atoms with Crippen molar-refractivity contribution in [3.8, 4) is 0 Å². The van der Waals surface area contributed by atoms with E-state index < -0.39 is 0 Å². The number of nitrogens with two attached hydrogens (primary N) is 1. The summed E-state index contributed by atoms with van der Waals surface area (Å²) in [6.45, 7) is 6.40. The van der Waals surface area contributed by atoms with Gasteiger partial charge in [-0.3, -0.25) is 0 Å². The predicted molar refractivity (Wildman–Crippen MR) is 66.7 cm³/mol. The fourth-order valence-corrected chi connectivity index (χ4v) is 1.68. The molecule has 0 spiro atoms. The van der Waals surface area contributed by atoms with E-state index in [1.807, 2.05) is 0 Å². The second kappa shape index (κ2) is 4.89. The molecule has 2 heterocycles. The van der Waals surface area contributed by atoms with E-state index in [0.717, 1.165) is 12.1 Å². The van der Waals surface area contributed by atoms with Gasteiger partial charge >= 0.3 is 0 Å². The zero-order chi connectivity index (χ0) is 13.2. The minimum atomic E-state index is -0.299. The van der Waals surface area contributed by atoms with Crippen molar-refractivity contribution in [3.63, 3.8) is 0 Å². The Morgan fingerprint density at radius 1 is 1.44 bits per heavy atom. The summed E-state index contributed by atoms with van der Waals surface area (Å²) in [7, 11) is 0. The molecule has 0 saturated carbocycles. The van der Waals surface area contributed by atoms with E-state index >= 15 is 0 Å². The van der Waals surface area contributed by atoms with Gasteiger partial charge < -0.3 is 15.2 Å². The molecule has 0 radical (unpaired) electrons. The lowest BCUT2D eigenvalue weighted by molar-refractivity contribution is 0.339. The summed E-state index contributed by atoms with van der Waals surface area (Å²) in [5, 5.41) is 3.96. The summed E-state index contributed by atoms with van der Waals surface area (Å²) in [5.41, 5.74) is 7.11. The lowest BCUT2D eigenvalue weighted by Gasteiger charge is -2.14. The number of nitrogens with one attached hydrogen (secondary N) is 1. The number of aromatic amines is 1. The predicted octanol–water partition coefficient (Wildman–Crippen LogP) is 1.62. The minimum Gasteiger partial charge on any atom is -0.348 e. The lowest BCUT2D eigenvalue weighted by Crippen LogP contribution is -2.15. The van der Waals surface area contributed by atoms with Gasteiger partial charge in [0.15, 0.2) is 5.82 Å². The first-order chi connectivity index (χ1) is 8.44. The van der Waals surface area contributed by atoms with Crippen LogP contribution in [0.3, 0.4) is 0 Å². The average molecular weight is 249 g/mol. The molecule has 0 aliphatic heterocycles. The van der Waals surface area contributed by atoms with Gasteiger partial charge in [-0.1, -0.05) is 25.9 Å². The third kappa shape index (κ3) is 3.40. The van der Waals surface area contributed by atoms with Gasteiger partial charge in [-0.15, -0.1) is 0 Å². The van der Waals surface area contributed by atoms with Crippen molar-refractivity contribution in [2.75, 3.05) is 0 Å². The minimum absolute atomic E-state index is 0.134. The molecule has 98 valence electrons. The molecular formula is C12H19N5O. The van der Waals surface area contributed by atoms with E-state index in [0.29, 0.717) is 18.1 Å². The molecule has 1 unspecified atom stereocenters. The van der Waals surface area contributed by atoms with E-state index in [2.05, 4.69) is 40.9 Å². The van der Waals surface area contributed by atoms with E-state index in [-0.39, 0.29) is 11.5 Å². The lowest BCUT2D eigenvalue weighted by atomic mass is 9.92. The van der Waals surface area contributed by atoms with E-state index in [4.69, 9.17) is 10.3 Å². The van der Waals surface area contributed by atoms with Crippen LogP contribution in [0.2, 0.25) is 0 Å². The van der Waals surface area contributed by atoms with Gasteiger partial charge in [0.25, 0.3) is 0 Å². The third-order valence-corrected chi connectivity index (χ3v) is 2.48. The monoisotopic (exact) mass is 249 g/mol. The van der Waals surface area contributed by atoms with Crippen molar-refractivity contribution in [2.24, 2.45) is 11.1 Å². The third-order valence-electron chi connectivity index (χ3n) is 2.48. The van der Waals surface area contributed by atoms with Crippen LogP contribution in [-0.2, 0) is 12.8 Å². The van der Waals surface area contributed by atoms with Gasteiger partial charge in [0, 0.05) is 24.7 Å². The zero-order valence-electron chi connectivity index (χ0n) is 11.0. The molecule has 0 bridgehead atoms. The van der Waals surface area contributed by atoms with Crippen LogP contribution in [0.4, 0.5) is 0 Å². The second-order valence-corrected chi connectivity index (χ2v) is 5.67. The molecule has 2 aromatic rings. The van der Waals surface area contributed by atoms with Crippen LogP contribution in [0.25, 0.3) is 0 Å². The molecule has 0 aromatic carbocycles. The summed E-state index contributed by atoms with van der Waals surface area (Å²) in [6.07, 6.45) is 4.75. The van der Waals surface area contributed by atoms with Gasteiger partial charge in [0.05, 0.1) is 12.4 Å². The van der Waals surface area contributed by atoms with Crippen molar-refractivity contribution >= 4 is 0 Å². The fourth-order valence-electron chi connectivity index (χ4n) is 1.68. The molecule has 0 aliphatic rings. The molecule has 3 N–H and O–H groups in total. The molecule has 6 nitrogen and oxygen atoms in total. The quantitative estimate of drug-likeness (QED) is 0.858. The second-order valence-electron chi connectivity index (χ2n) is 5.67. The van der Waals surface area contributed by atoms with Crippen LogP contribution in [-0.4, -0.2) is 20.1 Å². The highest BCUT2D eigenvalue weighted by Crippen LogP contribution is 2.20. The number of H-pyrrole nitrogens is 1. The van der Waals surface area contributed by atoms with Gasteiger partial charge in [-0.25, -0.2) is 4.98 Å². The average Bonchev–Trinajstić information content (AvgIpc) is 2.86. The van der Waals surface area contributed by atoms with Crippen LogP contribution in [0.1, 0.15) is 44.2 Å². The fraction of sp³-hybridized carbons (Fsp3) is 0.583. The van der Waals surface area contributed by atoms with Crippen LogP contribution in [0, 0.1) is 5.41 Å². The Kier molecular flexibility index (Phi) is 3.47. The summed E-state index contributed by atoms with van der Waals surface area (Å²) in [6, 6.07) is -0.299. The van der Waals surface area contributed by atoms with Gasteiger partial charge in [0.2, 0.25) is 5.89 Å². The molecular weight excluding hydrogens is 230 g/mol. The van der Waals surface area contributed by atoms with Crippen LogP contribution in [0.15, 0.2) is 17.0 Å². The van der Waals surface area contributed by atoms with E-state index in [9.17, 15) is 0 Å². The molecule has 2 aromatic heterocycles. The maximum absolute atomic E-state index is 6.02. The first-order valence-electron chi connectivity index (χ1n) is 5.99. The number of nitrogens with zero attached hydrogens (tertiary/aromatic N) is 3. The van der Waals surface area contributed by atoms with Gasteiger partial charge in [-0.2, -0.15) is 4.98 Å². The van der Waals surface area contributed by atoms with Crippen LogP contribution >= 0.6 is 0 Å². The number of aromatic nitrogens is 4. The molecule has 0 fully saturated rings. The van der Waals surface area contributed by atoms with Crippen molar-refractivity contribution in [1.29, 1.82) is 0 Å². The van der Waals surface area contributed by atoms with Crippen molar-refractivity contribution < 1.29 is 4.52 Å². The number of hydrogen-bond acceptors (Lipinski definition) is 5. The van der Waals surface area contributed by atoms with Gasteiger partial charge in [0.1, 0.15) is 0 Å². The Labute approximate surface area is 106 Å². The standard InChI is InChI=1S/C12H19N5O/c1-12(2,3)5-10-16-11(18-17-10)9(13)4-8-6-14-7-15-8/h6-7,9H,4-5,13H2,1-3H3,(H,14,15). The SMILES string of the molecule is CC(C)(C)Cc1noc(C(N)Cc2cnc[nH]2)n1. The van der Waals surface area contributed by atoms with Crippen molar-refractivity contribution in [2.45, 2.75) is 39.7 Å². The van der Waals surface area contributed by atoms with Crippen LogP contribution < -0.4 is 5.73 Å². The molecule has 6 heteroatoms. The zero-order valence-corrected chi connectivity index (χ0v) is 11.0. The van der Waals surface area contributed by atoms with E-state index in [1.54, 1.807) is 12.5 Å². The summed E-state index contributed by atoms with van der Waals surface area (Å²) in [4.78, 5) is 11.3. The maximum atomic E-state index is 6.02. The first-order valence-corrected chi connectivity index (χ1v) is 5.99. The molecule has 2 rings (SSSR count). The van der Waals surface area contributed by atoms with Crippen molar-refractivity contribution in [1.82, 2.24) is 20.1 Å². The largest absolute Gasteiger partial charge is 0.348 e. The number of rotatable bonds is 4. The Hall–Kier alpha value is -1.69. The smallest absolute Gasteiger partial charge is 0.243 e. The molecule has 18 heavy (non-hydrogen) atoms. The molecule has 0 aliphatic carbocycles. The van der Waals surface area contributed by atoms with Gasteiger partial charge in [-0.05, 0) is 5.41 Å². The normalized spacial score (nSPS) is 13.8. The highest BCUT2D eigenvalue weighted by atomic mass is 16.5. The number of imidazole rings is 1. The molecule has 1 atom stereocenters. The summed E-state index contributed by atoms with van der Waals surface area (Å²) >= 11 is 0. The topological polar surface area (TPSA) is 93.6 Å². The van der Waals surface area contributed by atoms with Crippen LogP contribution in [0.5, 0.6) is 0 Å². The first kappa shape index (κ1) is 12.8. The Morgan fingerprint density at radius 3 is 2.83 bits per heavy atom. The maximum Gasteiger partial charge on any atom is 0.243 e. The summed E-state index contributed by atoms with van der Waals surface area (Å²) < 4.78 is 5.20. The van der Waals surface area contributed by atoms with E-state index in [1.165, 1.54) is 0 Å². The van der Waals surface area contributed by atoms with Crippen molar-refractivity contribution in [3.05, 3.63) is 29.9 Å². The highest BCUT2D eigenvalue weighted by molar-refractivity contribution is 5.02.